The average Bonchev–Trinajstić information content (AvgIpc) is 2.95. The van der Waals surface area contributed by atoms with Crippen LogP contribution in [0.25, 0.3) is 0 Å². The Balaban J connectivity index is 1.63. The van der Waals surface area contributed by atoms with Gasteiger partial charge in [-0.3, -0.25) is 4.90 Å². The van der Waals surface area contributed by atoms with E-state index in [4.69, 9.17) is 5.26 Å². The summed E-state index contributed by atoms with van der Waals surface area (Å²) in [4.78, 5) is 6.81. The van der Waals surface area contributed by atoms with Gasteiger partial charge >= 0.3 is 0 Å². The lowest BCUT2D eigenvalue weighted by Crippen LogP contribution is -2.36. The quantitative estimate of drug-likeness (QED) is 0.872. The summed E-state index contributed by atoms with van der Waals surface area (Å²) in [6.45, 7) is 2.84. The van der Waals surface area contributed by atoms with E-state index >= 15 is 0 Å². The van der Waals surface area contributed by atoms with Crippen LogP contribution in [0.3, 0.4) is 0 Å². The molecular formula is C18H21FN4. The average molecular weight is 312 g/mol. The van der Waals surface area contributed by atoms with E-state index in [-0.39, 0.29) is 5.56 Å². The van der Waals surface area contributed by atoms with E-state index in [9.17, 15) is 4.39 Å². The lowest BCUT2D eigenvalue weighted by atomic mass is 9.94. The van der Waals surface area contributed by atoms with Crippen LogP contribution in [0.15, 0.2) is 30.6 Å². The summed E-state index contributed by atoms with van der Waals surface area (Å²) in [5.74, 6) is 1.29. The second kappa shape index (κ2) is 6.93. The zero-order valence-electron chi connectivity index (χ0n) is 13.4. The summed E-state index contributed by atoms with van der Waals surface area (Å²) in [5, 5.41) is 8.95. The molecule has 0 unspecified atom stereocenters. The molecule has 1 aliphatic rings. The molecular weight excluding hydrogens is 291 g/mol. The van der Waals surface area contributed by atoms with Crippen LogP contribution in [-0.4, -0.2) is 27.5 Å². The summed E-state index contributed by atoms with van der Waals surface area (Å²) in [6.07, 6.45) is 7.21. The van der Waals surface area contributed by atoms with Crippen molar-refractivity contribution in [2.45, 2.75) is 25.8 Å². The van der Waals surface area contributed by atoms with E-state index in [1.165, 1.54) is 18.9 Å². The Morgan fingerprint density at radius 3 is 3.04 bits per heavy atom. The smallest absolute Gasteiger partial charge is 0.140 e. The number of piperidine rings is 1. The highest BCUT2D eigenvalue weighted by atomic mass is 19.1. The molecule has 0 saturated carbocycles. The van der Waals surface area contributed by atoms with Crippen molar-refractivity contribution < 1.29 is 4.39 Å². The highest BCUT2D eigenvalue weighted by Gasteiger charge is 2.21. The minimum Gasteiger partial charge on any atom is -0.338 e. The molecule has 23 heavy (non-hydrogen) atoms. The molecule has 1 aromatic heterocycles. The van der Waals surface area contributed by atoms with Gasteiger partial charge in [-0.1, -0.05) is 6.07 Å². The molecule has 120 valence electrons. The number of halogens is 1. The van der Waals surface area contributed by atoms with Crippen LogP contribution in [0, 0.1) is 23.1 Å². The van der Waals surface area contributed by atoms with E-state index in [2.05, 4.69) is 14.5 Å². The van der Waals surface area contributed by atoms with Gasteiger partial charge < -0.3 is 4.57 Å². The normalized spacial score (nSPS) is 18.7. The van der Waals surface area contributed by atoms with Crippen molar-refractivity contribution in [3.05, 3.63) is 53.4 Å². The minimum absolute atomic E-state index is 0.129. The number of nitrogens with zero attached hydrogens (tertiary/aromatic N) is 4. The van der Waals surface area contributed by atoms with Crippen LogP contribution in [-0.2, 0) is 20.0 Å². The van der Waals surface area contributed by atoms with E-state index < -0.39 is 5.82 Å². The Hall–Kier alpha value is -2.19. The van der Waals surface area contributed by atoms with Crippen LogP contribution >= 0.6 is 0 Å². The third kappa shape index (κ3) is 3.77. The molecule has 4 nitrogen and oxygen atoms in total. The Morgan fingerprint density at radius 1 is 1.43 bits per heavy atom. The number of rotatable bonds is 4. The highest BCUT2D eigenvalue weighted by Crippen LogP contribution is 2.22. The highest BCUT2D eigenvalue weighted by molar-refractivity contribution is 5.34. The summed E-state index contributed by atoms with van der Waals surface area (Å²) >= 11 is 0. The number of likely N-dealkylation sites (tertiary alicyclic amines) is 1. The Bertz CT molecular complexity index is 716. The lowest BCUT2D eigenvalue weighted by molar-refractivity contribution is 0.165. The molecule has 0 spiro atoms. The number of nitriles is 1. The summed E-state index contributed by atoms with van der Waals surface area (Å²) in [7, 11) is 2.03. The maximum absolute atomic E-state index is 13.4. The summed E-state index contributed by atoms with van der Waals surface area (Å²) in [6, 6.07) is 6.75. The molecule has 2 aromatic rings. The van der Waals surface area contributed by atoms with Gasteiger partial charge in [0.05, 0.1) is 5.56 Å². The first kappa shape index (κ1) is 15.7. The molecule has 5 heteroatoms. The third-order valence-electron chi connectivity index (χ3n) is 4.55. The minimum atomic E-state index is -0.442. The van der Waals surface area contributed by atoms with Crippen LogP contribution < -0.4 is 0 Å². The largest absolute Gasteiger partial charge is 0.338 e. The van der Waals surface area contributed by atoms with Gasteiger partial charge in [0, 0.05) is 39.0 Å². The van der Waals surface area contributed by atoms with Gasteiger partial charge in [0.25, 0.3) is 0 Å². The Morgan fingerprint density at radius 2 is 2.30 bits per heavy atom. The van der Waals surface area contributed by atoms with Gasteiger partial charge in [-0.15, -0.1) is 0 Å². The fourth-order valence-electron chi connectivity index (χ4n) is 3.33. The molecule has 0 radical (unpaired) electrons. The third-order valence-corrected chi connectivity index (χ3v) is 4.55. The molecule has 1 saturated heterocycles. The van der Waals surface area contributed by atoms with Crippen molar-refractivity contribution in [2.24, 2.45) is 13.0 Å². The van der Waals surface area contributed by atoms with Gasteiger partial charge in [0.15, 0.2) is 0 Å². The second-order valence-electron chi connectivity index (χ2n) is 6.33. The van der Waals surface area contributed by atoms with Crippen molar-refractivity contribution in [2.75, 3.05) is 13.1 Å². The number of hydrogen-bond donors (Lipinski definition) is 0. The van der Waals surface area contributed by atoms with Gasteiger partial charge in [-0.25, -0.2) is 9.37 Å². The maximum atomic E-state index is 13.4. The first-order valence-corrected chi connectivity index (χ1v) is 8.03. The molecule has 3 rings (SSSR count). The standard InChI is InChI=1S/C18H21FN4/c1-22-8-6-21-18(22)10-14-3-2-7-23(12-14)13-15-4-5-17(19)16(9-15)11-20/h4-6,8-9,14H,2-3,7,10,12-13H2,1H3/t14-/m0/s1. The topological polar surface area (TPSA) is 44.9 Å². The number of hydrogen-bond acceptors (Lipinski definition) is 3. The molecule has 1 aliphatic heterocycles. The van der Waals surface area contributed by atoms with Crippen molar-refractivity contribution in [3.8, 4) is 6.07 Å². The van der Waals surface area contributed by atoms with Crippen molar-refractivity contribution in [1.29, 1.82) is 5.26 Å². The molecule has 2 heterocycles. The summed E-state index contributed by atoms with van der Waals surface area (Å²) in [5.41, 5.74) is 1.13. The van der Waals surface area contributed by atoms with E-state index in [0.717, 1.165) is 37.4 Å². The van der Waals surface area contributed by atoms with Crippen LogP contribution in [0.2, 0.25) is 0 Å². The number of aromatic nitrogens is 2. The monoisotopic (exact) mass is 312 g/mol. The second-order valence-corrected chi connectivity index (χ2v) is 6.33. The van der Waals surface area contributed by atoms with Gasteiger partial charge in [-0.05, 0) is 43.0 Å². The molecule has 0 amide bonds. The first-order chi connectivity index (χ1) is 11.2. The van der Waals surface area contributed by atoms with Gasteiger partial charge in [-0.2, -0.15) is 5.26 Å². The fourth-order valence-corrected chi connectivity index (χ4v) is 3.33. The summed E-state index contributed by atoms with van der Waals surface area (Å²) < 4.78 is 15.5. The van der Waals surface area contributed by atoms with Gasteiger partial charge in [0.2, 0.25) is 0 Å². The lowest BCUT2D eigenvalue weighted by Gasteiger charge is -2.32. The predicted molar refractivity (Wildman–Crippen MR) is 86.0 cm³/mol. The van der Waals surface area contributed by atoms with E-state index in [1.807, 2.05) is 25.5 Å². The SMILES string of the molecule is Cn1ccnc1C[C@@H]1CCCN(Cc2ccc(F)c(C#N)c2)C1. The molecule has 1 atom stereocenters. The maximum Gasteiger partial charge on any atom is 0.140 e. The molecule has 1 aromatic carbocycles. The fraction of sp³-hybridized carbons (Fsp3) is 0.444. The van der Waals surface area contributed by atoms with Crippen LogP contribution in [0.1, 0.15) is 29.8 Å². The van der Waals surface area contributed by atoms with Gasteiger partial charge in [0.1, 0.15) is 17.7 Å². The number of imidazole rings is 1. The number of benzene rings is 1. The molecule has 0 bridgehead atoms. The van der Waals surface area contributed by atoms with Crippen LogP contribution in [0.4, 0.5) is 4.39 Å². The number of aryl methyl sites for hydroxylation is 1. The van der Waals surface area contributed by atoms with Crippen LogP contribution in [0.5, 0.6) is 0 Å². The van der Waals surface area contributed by atoms with Crippen molar-refractivity contribution in [1.82, 2.24) is 14.5 Å². The Labute approximate surface area is 136 Å². The molecule has 0 aliphatic carbocycles. The predicted octanol–water partition coefficient (Wildman–Crippen LogP) is 2.89. The van der Waals surface area contributed by atoms with E-state index in [1.54, 1.807) is 12.1 Å². The molecule has 1 fully saturated rings. The Kier molecular flexibility index (Phi) is 4.73. The first-order valence-electron chi connectivity index (χ1n) is 8.03. The van der Waals surface area contributed by atoms with Crippen molar-refractivity contribution in [3.63, 3.8) is 0 Å². The van der Waals surface area contributed by atoms with Crippen molar-refractivity contribution >= 4 is 0 Å². The zero-order chi connectivity index (χ0) is 16.2. The zero-order valence-corrected chi connectivity index (χ0v) is 13.4. The molecule has 0 N–H and O–H groups in total. The van der Waals surface area contributed by atoms with E-state index in [0.29, 0.717) is 5.92 Å².